The summed E-state index contributed by atoms with van der Waals surface area (Å²) in [6, 6.07) is 3.33. The maximum Gasteiger partial charge on any atom is 0.273 e. The lowest BCUT2D eigenvalue weighted by Crippen LogP contribution is -2.16. The van der Waals surface area contributed by atoms with E-state index in [1.807, 2.05) is 0 Å². The molecule has 0 bridgehead atoms. The molecule has 0 saturated heterocycles. The van der Waals surface area contributed by atoms with Gasteiger partial charge in [0.25, 0.3) is 5.56 Å². The van der Waals surface area contributed by atoms with Crippen molar-refractivity contribution >= 4 is 16.7 Å². The molecule has 2 aromatic heterocycles. The van der Waals surface area contributed by atoms with E-state index in [0.717, 1.165) is 0 Å². The van der Waals surface area contributed by atoms with Crippen LogP contribution in [0.4, 0.5) is 5.82 Å². The quantitative estimate of drug-likeness (QED) is 0.407. The number of nitrogens with two attached hydrogens (primary N) is 1. The van der Waals surface area contributed by atoms with Crippen molar-refractivity contribution in [1.29, 1.82) is 0 Å². The summed E-state index contributed by atoms with van der Waals surface area (Å²) >= 11 is 0. The van der Waals surface area contributed by atoms with Gasteiger partial charge in [0.05, 0.1) is 5.39 Å². The van der Waals surface area contributed by atoms with Gasteiger partial charge in [-0.05, 0) is 12.1 Å². The highest BCUT2D eigenvalue weighted by molar-refractivity contribution is 5.86. The number of H-pyrrole nitrogens is 1. The van der Waals surface area contributed by atoms with E-state index in [2.05, 4.69) is 20.6 Å². The molecule has 0 aliphatic heterocycles. The van der Waals surface area contributed by atoms with Crippen LogP contribution in [0, 0.1) is 0 Å². The van der Waals surface area contributed by atoms with Crippen LogP contribution in [0.1, 0.15) is 0 Å². The average Bonchev–Trinajstić information content (AvgIpc) is 2.19. The zero-order valence-electron chi connectivity index (χ0n) is 6.61. The molecule has 0 aliphatic rings. The molecule has 4 N–H and O–H groups in total. The molecule has 0 aliphatic carbocycles. The summed E-state index contributed by atoms with van der Waals surface area (Å²) in [7, 11) is 0. The summed E-state index contributed by atoms with van der Waals surface area (Å²) in [5.74, 6) is 5.55. The van der Waals surface area contributed by atoms with Gasteiger partial charge in [-0.3, -0.25) is 9.78 Å². The molecule has 0 spiro atoms. The number of anilines is 1. The molecular weight excluding hydrogens is 170 g/mol. The van der Waals surface area contributed by atoms with Crippen LogP contribution in [0.25, 0.3) is 10.9 Å². The van der Waals surface area contributed by atoms with Gasteiger partial charge in [0.1, 0.15) is 5.52 Å². The van der Waals surface area contributed by atoms with E-state index >= 15 is 0 Å². The Balaban J connectivity index is 2.93. The van der Waals surface area contributed by atoms with Gasteiger partial charge in [0.15, 0.2) is 5.82 Å². The van der Waals surface area contributed by atoms with Crippen molar-refractivity contribution in [2.45, 2.75) is 0 Å². The Morgan fingerprint density at radius 2 is 2.38 bits per heavy atom. The summed E-state index contributed by atoms with van der Waals surface area (Å²) in [6.07, 6.45) is 1.57. The Morgan fingerprint density at radius 3 is 3.15 bits per heavy atom. The predicted octanol–water partition coefficient (Wildman–Crippen LogP) is -0.396. The number of rotatable bonds is 1. The molecule has 2 aromatic rings. The molecular formula is C7H7N5O. The molecule has 6 nitrogen and oxygen atoms in total. The first-order chi connectivity index (χ1) is 6.33. The highest BCUT2D eigenvalue weighted by atomic mass is 16.1. The van der Waals surface area contributed by atoms with Gasteiger partial charge in [-0.2, -0.15) is 5.10 Å². The second-order valence-corrected chi connectivity index (χ2v) is 2.45. The van der Waals surface area contributed by atoms with Crippen molar-refractivity contribution < 1.29 is 0 Å². The SMILES string of the molecule is NNc1n[nH]c(=O)c2cccnc12. The molecule has 0 unspecified atom stereocenters. The zero-order chi connectivity index (χ0) is 9.26. The lowest BCUT2D eigenvalue weighted by molar-refractivity contribution is 0.998. The van der Waals surface area contributed by atoms with Crippen LogP contribution < -0.4 is 16.8 Å². The van der Waals surface area contributed by atoms with E-state index in [0.29, 0.717) is 16.7 Å². The van der Waals surface area contributed by atoms with Crippen molar-refractivity contribution in [3.8, 4) is 0 Å². The summed E-state index contributed by atoms with van der Waals surface area (Å²) in [4.78, 5) is 15.2. The van der Waals surface area contributed by atoms with Crippen molar-refractivity contribution in [2.75, 3.05) is 5.43 Å². The first-order valence-corrected chi connectivity index (χ1v) is 3.63. The van der Waals surface area contributed by atoms with E-state index in [4.69, 9.17) is 5.84 Å². The normalized spacial score (nSPS) is 10.2. The fourth-order valence-electron chi connectivity index (χ4n) is 1.10. The summed E-state index contributed by atoms with van der Waals surface area (Å²) in [6.45, 7) is 0. The number of aromatic nitrogens is 3. The van der Waals surface area contributed by atoms with E-state index < -0.39 is 0 Å². The lowest BCUT2D eigenvalue weighted by Gasteiger charge is -2.00. The molecule has 0 radical (unpaired) electrons. The van der Waals surface area contributed by atoms with Crippen LogP contribution in [-0.2, 0) is 0 Å². The first kappa shape index (κ1) is 7.69. The van der Waals surface area contributed by atoms with Crippen LogP contribution >= 0.6 is 0 Å². The lowest BCUT2D eigenvalue weighted by atomic mass is 10.3. The molecule has 0 fully saturated rings. The van der Waals surface area contributed by atoms with Gasteiger partial charge in [-0.15, -0.1) is 0 Å². The molecule has 2 heterocycles. The fraction of sp³-hybridized carbons (Fsp3) is 0. The maximum absolute atomic E-state index is 11.2. The third-order valence-electron chi connectivity index (χ3n) is 1.68. The van der Waals surface area contributed by atoms with Crippen molar-refractivity contribution in [3.05, 3.63) is 28.7 Å². The number of hydrogen-bond donors (Lipinski definition) is 3. The number of hydrogen-bond acceptors (Lipinski definition) is 5. The van der Waals surface area contributed by atoms with Gasteiger partial charge < -0.3 is 5.43 Å². The minimum Gasteiger partial charge on any atom is -0.305 e. The number of nitrogens with zero attached hydrogens (tertiary/aromatic N) is 2. The molecule has 6 heteroatoms. The molecule has 0 saturated carbocycles. The van der Waals surface area contributed by atoms with Crippen molar-refractivity contribution in [1.82, 2.24) is 15.2 Å². The highest BCUT2D eigenvalue weighted by Crippen LogP contribution is 2.11. The van der Waals surface area contributed by atoms with E-state index in [1.165, 1.54) is 0 Å². The maximum atomic E-state index is 11.2. The van der Waals surface area contributed by atoms with Crippen LogP contribution in [0.5, 0.6) is 0 Å². The Labute approximate surface area is 72.8 Å². The number of pyridine rings is 1. The van der Waals surface area contributed by atoms with Crippen molar-refractivity contribution in [2.24, 2.45) is 5.84 Å². The van der Waals surface area contributed by atoms with E-state index in [-0.39, 0.29) is 5.56 Å². The first-order valence-electron chi connectivity index (χ1n) is 3.63. The molecule has 66 valence electrons. The summed E-state index contributed by atoms with van der Waals surface area (Å²) < 4.78 is 0. The second kappa shape index (κ2) is 2.83. The molecule has 0 atom stereocenters. The van der Waals surface area contributed by atoms with Crippen LogP contribution in [-0.4, -0.2) is 15.2 Å². The minimum atomic E-state index is -0.276. The van der Waals surface area contributed by atoms with E-state index in [9.17, 15) is 4.79 Å². The number of nitrogens with one attached hydrogen (secondary N) is 2. The van der Waals surface area contributed by atoms with E-state index in [1.54, 1.807) is 18.3 Å². The minimum absolute atomic E-state index is 0.276. The Morgan fingerprint density at radius 1 is 1.54 bits per heavy atom. The average molecular weight is 177 g/mol. The van der Waals surface area contributed by atoms with Crippen LogP contribution in [0.15, 0.2) is 23.1 Å². The highest BCUT2D eigenvalue weighted by Gasteiger charge is 2.04. The third-order valence-corrected chi connectivity index (χ3v) is 1.68. The number of hydrazine groups is 1. The Kier molecular flexibility index (Phi) is 1.67. The van der Waals surface area contributed by atoms with Gasteiger partial charge in [0, 0.05) is 6.20 Å². The van der Waals surface area contributed by atoms with Crippen LogP contribution in [0.3, 0.4) is 0 Å². The van der Waals surface area contributed by atoms with Crippen LogP contribution in [0.2, 0.25) is 0 Å². The fourth-order valence-corrected chi connectivity index (χ4v) is 1.10. The third kappa shape index (κ3) is 1.13. The Bertz CT molecular complexity index is 491. The topological polar surface area (TPSA) is 96.7 Å². The summed E-state index contributed by atoms with van der Waals surface area (Å²) in [5, 5.41) is 6.46. The Hall–Kier alpha value is -1.95. The number of aromatic amines is 1. The van der Waals surface area contributed by atoms with Crippen molar-refractivity contribution in [3.63, 3.8) is 0 Å². The monoisotopic (exact) mass is 177 g/mol. The van der Waals surface area contributed by atoms with Gasteiger partial charge in [-0.1, -0.05) is 0 Å². The zero-order valence-corrected chi connectivity index (χ0v) is 6.61. The van der Waals surface area contributed by atoms with Gasteiger partial charge >= 0.3 is 0 Å². The standard InChI is InChI=1S/C7H7N5O/c8-10-6-5-4(2-1-3-9-5)7(13)12-11-6/h1-3H,8H2,(H,10,11)(H,12,13). The summed E-state index contributed by atoms with van der Waals surface area (Å²) in [5.41, 5.74) is 2.54. The second-order valence-electron chi connectivity index (χ2n) is 2.45. The predicted molar refractivity (Wildman–Crippen MR) is 48.0 cm³/mol. The molecule has 2 rings (SSSR count). The number of fused-ring (bicyclic) bond motifs is 1. The number of nitrogen functional groups attached to an aromatic ring is 1. The molecule has 0 amide bonds. The van der Waals surface area contributed by atoms with Gasteiger partial charge in [0.2, 0.25) is 0 Å². The van der Waals surface area contributed by atoms with Gasteiger partial charge in [-0.25, -0.2) is 10.9 Å². The molecule has 13 heavy (non-hydrogen) atoms. The molecule has 0 aromatic carbocycles. The largest absolute Gasteiger partial charge is 0.305 e. The smallest absolute Gasteiger partial charge is 0.273 e.